The summed E-state index contributed by atoms with van der Waals surface area (Å²) in [7, 11) is 1.82. The average Bonchev–Trinajstić information content (AvgIpc) is 2.30. The number of nitrogens with two attached hydrogens (primary N) is 1. The van der Waals surface area contributed by atoms with E-state index in [0.29, 0.717) is 11.5 Å². The lowest BCUT2D eigenvalue weighted by Crippen LogP contribution is -2.41. The second kappa shape index (κ2) is 5.06. The SMILES string of the molecule is CC(CN(C)C(=O)C1Cc2ccccc21)C(N)=S. The third kappa shape index (κ3) is 2.38. The molecule has 0 saturated heterocycles. The standard InChI is InChI=1S/C14H18N2OS/c1-9(13(15)18)8-16(2)14(17)12-7-10-5-3-4-6-11(10)12/h3-6,9,12H,7-8H2,1-2H3,(H2,15,18). The molecular formula is C14H18N2OS. The van der Waals surface area contributed by atoms with Crippen molar-refractivity contribution in [3.8, 4) is 0 Å². The first-order valence-corrected chi connectivity index (χ1v) is 6.53. The lowest BCUT2D eigenvalue weighted by atomic mass is 9.77. The molecule has 0 saturated carbocycles. The summed E-state index contributed by atoms with van der Waals surface area (Å²) in [6.45, 7) is 2.54. The number of carbonyl (C=O) groups is 1. The minimum Gasteiger partial charge on any atom is -0.393 e. The molecule has 0 radical (unpaired) electrons. The lowest BCUT2D eigenvalue weighted by molar-refractivity contribution is -0.132. The molecule has 0 aromatic heterocycles. The molecule has 96 valence electrons. The molecule has 2 N–H and O–H groups in total. The van der Waals surface area contributed by atoms with Crippen LogP contribution >= 0.6 is 12.2 Å². The molecule has 1 aliphatic carbocycles. The van der Waals surface area contributed by atoms with Gasteiger partial charge in [-0.2, -0.15) is 0 Å². The van der Waals surface area contributed by atoms with Crippen LogP contribution in [0.5, 0.6) is 0 Å². The maximum Gasteiger partial charge on any atom is 0.230 e. The number of rotatable bonds is 4. The summed E-state index contributed by atoms with van der Waals surface area (Å²) < 4.78 is 0. The van der Waals surface area contributed by atoms with Crippen molar-refractivity contribution < 1.29 is 4.79 Å². The predicted molar refractivity (Wildman–Crippen MR) is 76.5 cm³/mol. The zero-order valence-corrected chi connectivity index (χ0v) is 11.5. The molecule has 3 nitrogen and oxygen atoms in total. The molecule has 1 aromatic rings. The average molecular weight is 262 g/mol. The van der Waals surface area contributed by atoms with Crippen molar-refractivity contribution in [2.24, 2.45) is 11.7 Å². The van der Waals surface area contributed by atoms with Crippen LogP contribution < -0.4 is 5.73 Å². The van der Waals surface area contributed by atoms with Gasteiger partial charge < -0.3 is 10.6 Å². The highest BCUT2D eigenvalue weighted by Crippen LogP contribution is 2.35. The van der Waals surface area contributed by atoms with Crippen LogP contribution in [0.15, 0.2) is 24.3 Å². The molecule has 2 rings (SSSR count). The van der Waals surface area contributed by atoms with Gasteiger partial charge in [-0.1, -0.05) is 43.4 Å². The Morgan fingerprint density at radius 3 is 2.83 bits per heavy atom. The maximum absolute atomic E-state index is 12.3. The van der Waals surface area contributed by atoms with Gasteiger partial charge in [0.2, 0.25) is 5.91 Å². The summed E-state index contributed by atoms with van der Waals surface area (Å²) in [6, 6.07) is 8.11. The van der Waals surface area contributed by atoms with E-state index < -0.39 is 0 Å². The summed E-state index contributed by atoms with van der Waals surface area (Å²) in [6.07, 6.45) is 0.848. The van der Waals surface area contributed by atoms with Crippen molar-refractivity contribution in [2.75, 3.05) is 13.6 Å². The molecule has 0 aliphatic heterocycles. The first-order valence-electron chi connectivity index (χ1n) is 6.12. The van der Waals surface area contributed by atoms with E-state index in [-0.39, 0.29) is 17.7 Å². The fourth-order valence-electron chi connectivity index (χ4n) is 2.34. The highest BCUT2D eigenvalue weighted by atomic mass is 32.1. The Labute approximate surface area is 113 Å². The Morgan fingerprint density at radius 2 is 2.22 bits per heavy atom. The van der Waals surface area contributed by atoms with Crippen LogP contribution in [0.4, 0.5) is 0 Å². The number of hydrogen-bond donors (Lipinski definition) is 1. The smallest absolute Gasteiger partial charge is 0.230 e. The Balaban J connectivity index is 2.00. The van der Waals surface area contributed by atoms with Crippen LogP contribution in [0.1, 0.15) is 24.0 Å². The van der Waals surface area contributed by atoms with E-state index in [2.05, 4.69) is 6.07 Å². The van der Waals surface area contributed by atoms with E-state index in [9.17, 15) is 4.79 Å². The number of fused-ring (bicyclic) bond motifs is 1. The number of thiocarbonyl (C=S) groups is 1. The molecule has 0 bridgehead atoms. The molecular weight excluding hydrogens is 244 g/mol. The zero-order valence-electron chi connectivity index (χ0n) is 10.7. The molecule has 0 spiro atoms. The van der Waals surface area contributed by atoms with E-state index in [1.807, 2.05) is 32.2 Å². The first kappa shape index (κ1) is 13.0. The lowest BCUT2D eigenvalue weighted by Gasteiger charge is -2.33. The minimum atomic E-state index is 0.0183. The van der Waals surface area contributed by atoms with Crippen LogP contribution in [-0.2, 0) is 11.2 Å². The Morgan fingerprint density at radius 1 is 1.56 bits per heavy atom. The normalized spacial score (nSPS) is 18.4. The summed E-state index contributed by atoms with van der Waals surface area (Å²) in [5, 5.41) is 0. The number of amides is 1. The van der Waals surface area contributed by atoms with Crippen LogP contribution in [0.25, 0.3) is 0 Å². The van der Waals surface area contributed by atoms with Crippen molar-refractivity contribution >= 4 is 23.1 Å². The molecule has 1 aliphatic rings. The fraction of sp³-hybridized carbons (Fsp3) is 0.429. The summed E-state index contributed by atoms with van der Waals surface area (Å²) >= 11 is 4.93. The van der Waals surface area contributed by atoms with Gasteiger partial charge in [0.25, 0.3) is 0 Å². The minimum absolute atomic E-state index is 0.0183. The predicted octanol–water partition coefficient (Wildman–Crippen LogP) is 1.71. The van der Waals surface area contributed by atoms with Crippen molar-refractivity contribution in [3.63, 3.8) is 0 Å². The van der Waals surface area contributed by atoms with Gasteiger partial charge in [0.1, 0.15) is 0 Å². The molecule has 18 heavy (non-hydrogen) atoms. The van der Waals surface area contributed by atoms with Crippen molar-refractivity contribution in [2.45, 2.75) is 19.3 Å². The molecule has 1 aromatic carbocycles. The van der Waals surface area contributed by atoms with Crippen LogP contribution in [-0.4, -0.2) is 29.4 Å². The summed E-state index contributed by atoms with van der Waals surface area (Å²) in [5.74, 6) is 0.241. The van der Waals surface area contributed by atoms with Crippen LogP contribution in [0.3, 0.4) is 0 Å². The van der Waals surface area contributed by atoms with Gasteiger partial charge in [0.15, 0.2) is 0 Å². The van der Waals surface area contributed by atoms with Crippen LogP contribution in [0, 0.1) is 5.92 Å². The van der Waals surface area contributed by atoms with Gasteiger partial charge in [-0.3, -0.25) is 4.79 Å². The second-order valence-corrected chi connectivity index (χ2v) is 5.45. The Kier molecular flexibility index (Phi) is 3.66. The molecule has 1 amide bonds. The third-order valence-corrected chi connectivity index (χ3v) is 3.96. The van der Waals surface area contributed by atoms with Crippen LogP contribution in [0.2, 0.25) is 0 Å². The van der Waals surface area contributed by atoms with E-state index in [0.717, 1.165) is 12.0 Å². The van der Waals surface area contributed by atoms with Gasteiger partial charge in [0, 0.05) is 19.5 Å². The van der Waals surface area contributed by atoms with Crippen molar-refractivity contribution in [3.05, 3.63) is 35.4 Å². The molecule has 0 fully saturated rings. The van der Waals surface area contributed by atoms with E-state index in [1.54, 1.807) is 4.90 Å². The van der Waals surface area contributed by atoms with Crippen molar-refractivity contribution in [1.82, 2.24) is 4.90 Å². The van der Waals surface area contributed by atoms with E-state index in [1.165, 1.54) is 5.56 Å². The molecule has 2 unspecified atom stereocenters. The summed E-state index contributed by atoms with van der Waals surface area (Å²) in [4.78, 5) is 14.5. The van der Waals surface area contributed by atoms with E-state index in [4.69, 9.17) is 18.0 Å². The monoisotopic (exact) mass is 262 g/mol. The van der Waals surface area contributed by atoms with Gasteiger partial charge >= 0.3 is 0 Å². The highest BCUT2D eigenvalue weighted by Gasteiger charge is 2.33. The molecule has 2 atom stereocenters. The Hall–Kier alpha value is -1.42. The summed E-state index contributed by atoms with van der Waals surface area (Å²) in [5.41, 5.74) is 8.03. The number of likely N-dealkylation sites (N-methyl/N-ethyl adjacent to an activating group) is 1. The highest BCUT2D eigenvalue weighted by molar-refractivity contribution is 7.80. The number of carbonyl (C=O) groups excluding carboxylic acids is 1. The van der Waals surface area contributed by atoms with Gasteiger partial charge in [-0.05, 0) is 17.5 Å². The number of hydrogen-bond acceptors (Lipinski definition) is 2. The second-order valence-electron chi connectivity index (χ2n) is 4.98. The Bertz CT molecular complexity index is 486. The number of nitrogens with zero attached hydrogens (tertiary/aromatic N) is 1. The number of benzene rings is 1. The maximum atomic E-state index is 12.3. The largest absolute Gasteiger partial charge is 0.393 e. The van der Waals surface area contributed by atoms with Crippen molar-refractivity contribution in [1.29, 1.82) is 0 Å². The fourth-order valence-corrected chi connectivity index (χ4v) is 2.41. The van der Waals surface area contributed by atoms with Gasteiger partial charge in [-0.15, -0.1) is 0 Å². The van der Waals surface area contributed by atoms with Gasteiger partial charge in [-0.25, -0.2) is 0 Å². The first-order chi connectivity index (χ1) is 8.50. The van der Waals surface area contributed by atoms with Gasteiger partial charge in [0.05, 0.1) is 10.9 Å². The third-order valence-electron chi connectivity index (χ3n) is 3.56. The molecule has 4 heteroatoms. The zero-order chi connectivity index (χ0) is 13.3. The quantitative estimate of drug-likeness (QED) is 0.840. The molecule has 0 heterocycles. The van der Waals surface area contributed by atoms with E-state index >= 15 is 0 Å². The topological polar surface area (TPSA) is 46.3 Å².